The number of thiophene rings is 1. The molecule has 0 saturated heterocycles. The van der Waals surface area contributed by atoms with Crippen molar-refractivity contribution >= 4 is 28.8 Å². The standard InChI is InChI=1S/C13H20ClNOS/c1-4-10(5-2)11(14)8-15-13(16)12-9(3)6-7-17-12/h6-7,10-11H,4-5,8H2,1-3H3,(H,15,16). The summed E-state index contributed by atoms with van der Waals surface area (Å²) < 4.78 is 0. The largest absolute Gasteiger partial charge is 0.350 e. The molecule has 1 aromatic heterocycles. The van der Waals surface area contributed by atoms with Gasteiger partial charge < -0.3 is 5.32 Å². The average Bonchev–Trinajstić information content (AvgIpc) is 2.74. The van der Waals surface area contributed by atoms with Crippen molar-refractivity contribution in [2.75, 3.05) is 6.54 Å². The number of carbonyl (C=O) groups is 1. The summed E-state index contributed by atoms with van der Waals surface area (Å²) in [5.74, 6) is 0.468. The Morgan fingerprint density at radius 2 is 2.12 bits per heavy atom. The quantitative estimate of drug-likeness (QED) is 0.784. The summed E-state index contributed by atoms with van der Waals surface area (Å²) in [6.45, 7) is 6.76. The number of hydrogen-bond donors (Lipinski definition) is 1. The molecule has 1 atom stereocenters. The summed E-state index contributed by atoms with van der Waals surface area (Å²) in [4.78, 5) is 12.7. The van der Waals surface area contributed by atoms with Crippen LogP contribution in [0.15, 0.2) is 11.4 Å². The van der Waals surface area contributed by atoms with E-state index in [1.165, 1.54) is 11.3 Å². The Bertz CT molecular complexity index is 360. The minimum absolute atomic E-state index is 0.00546. The van der Waals surface area contributed by atoms with E-state index >= 15 is 0 Å². The van der Waals surface area contributed by atoms with E-state index in [0.717, 1.165) is 23.3 Å². The van der Waals surface area contributed by atoms with Gasteiger partial charge in [0.1, 0.15) is 0 Å². The van der Waals surface area contributed by atoms with Gasteiger partial charge in [0.25, 0.3) is 5.91 Å². The van der Waals surface area contributed by atoms with E-state index < -0.39 is 0 Å². The van der Waals surface area contributed by atoms with Gasteiger partial charge in [-0.15, -0.1) is 22.9 Å². The fourth-order valence-corrected chi connectivity index (χ4v) is 3.12. The lowest BCUT2D eigenvalue weighted by molar-refractivity contribution is 0.0955. The second-order valence-corrected chi connectivity index (χ2v) is 5.71. The molecule has 0 fully saturated rings. The minimum atomic E-state index is -0.00546. The molecule has 2 nitrogen and oxygen atoms in total. The third kappa shape index (κ3) is 4.00. The van der Waals surface area contributed by atoms with Crippen LogP contribution in [0.25, 0.3) is 0 Å². The third-order valence-corrected chi connectivity index (χ3v) is 4.61. The van der Waals surface area contributed by atoms with Crippen LogP contribution in [0.1, 0.15) is 41.9 Å². The number of aryl methyl sites for hydroxylation is 1. The van der Waals surface area contributed by atoms with Crippen LogP contribution >= 0.6 is 22.9 Å². The van der Waals surface area contributed by atoms with Crippen molar-refractivity contribution in [1.82, 2.24) is 5.32 Å². The van der Waals surface area contributed by atoms with E-state index in [4.69, 9.17) is 11.6 Å². The molecule has 0 saturated carbocycles. The molecule has 0 bridgehead atoms. The Morgan fingerprint density at radius 1 is 1.47 bits per heavy atom. The first-order valence-electron chi connectivity index (χ1n) is 6.06. The zero-order valence-corrected chi connectivity index (χ0v) is 12.2. The van der Waals surface area contributed by atoms with Gasteiger partial charge in [-0.05, 0) is 29.9 Å². The summed E-state index contributed by atoms with van der Waals surface area (Å²) in [5.41, 5.74) is 1.03. The highest BCUT2D eigenvalue weighted by atomic mass is 35.5. The average molecular weight is 274 g/mol. The van der Waals surface area contributed by atoms with Gasteiger partial charge in [-0.25, -0.2) is 0 Å². The number of amides is 1. The molecule has 1 unspecified atom stereocenters. The van der Waals surface area contributed by atoms with Gasteiger partial charge in [-0.3, -0.25) is 4.79 Å². The van der Waals surface area contributed by atoms with Crippen LogP contribution < -0.4 is 5.32 Å². The summed E-state index contributed by atoms with van der Waals surface area (Å²) in [6, 6.07) is 1.96. The summed E-state index contributed by atoms with van der Waals surface area (Å²) >= 11 is 7.76. The van der Waals surface area contributed by atoms with E-state index in [9.17, 15) is 4.79 Å². The zero-order chi connectivity index (χ0) is 12.8. The number of alkyl halides is 1. The van der Waals surface area contributed by atoms with Crippen LogP contribution in [0.3, 0.4) is 0 Å². The van der Waals surface area contributed by atoms with Crippen molar-refractivity contribution in [3.8, 4) is 0 Å². The summed E-state index contributed by atoms with van der Waals surface area (Å²) in [6.07, 6.45) is 2.11. The molecule has 4 heteroatoms. The second-order valence-electron chi connectivity index (χ2n) is 4.24. The lowest BCUT2D eigenvalue weighted by Crippen LogP contribution is -2.33. The first-order valence-corrected chi connectivity index (χ1v) is 7.38. The lowest BCUT2D eigenvalue weighted by Gasteiger charge is -2.19. The van der Waals surface area contributed by atoms with E-state index in [0.29, 0.717) is 12.5 Å². The number of carbonyl (C=O) groups excluding carboxylic acids is 1. The van der Waals surface area contributed by atoms with Gasteiger partial charge in [0.15, 0.2) is 0 Å². The molecule has 0 aliphatic rings. The van der Waals surface area contributed by atoms with Gasteiger partial charge in [-0.2, -0.15) is 0 Å². The van der Waals surface area contributed by atoms with Crippen molar-refractivity contribution in [1.29, 1.82) is 0 Å². The van der Waals surface area contributed by atoms with Gasteiger partial charge in [-0.1, -0.05) is 26.7 Å². The number of rotatable bonds is 6. The number of halogens is 1. The maximum atomic E-state index is 11.9. The molecule has 0 aliphatic carbocycles. The van der Waals surface area contributed by atoms with Gasteiger partial charge >= 0.3 is 0 Å². The van der Waals surface area contributed by atoms with Crippen LogP contribution in [0.2, 0.25) is 0 Å². The molecule has 96 valence electrons. The highest BCUT2D eigenvalue weighted by molar-refractivity contribution is 7.12. The van der Waals surface area contributed by atoms with E-state index in [-0.39, 0.29) is 11.3 Å². The van der Waals surface area contributed by atoms with Gasteiger partial charge in [0, 0.05) is 6.54 Å². The molecule has 0 aromatic carbocycles. The Kier molecular flexibility index (Phi) is 6.00. The topological polar surface area (TPSA) is 29.1 Å². The first kappa shape index (κ1) is 14.5. The van der Waals surface area contributed by atoms with Crippen molar-refractivity contribution in [3.05, 3.63) is 21.9 Å². The van der Waals surface area contributed by atoms with Crippen LogP contribution in [0.4, 0.5) is 0 Å². The van der Waals surface area contributed by atoms with Gasteiger partial charge in [0.05, 0.1) is 10.3 Å². The van der Waals surface area contributed by atoms with Crippen molar-refractivity contribution in [3.63, 3.8) is 0 Å². The van der Waals surface area contributed by atoms with E-state index in [2.05, 4.69) is 19.2 Å². The fourth-order valence-electron chi connectivity index (χ4n) is 1.84. The molecule has 0 spiro atoms. The molecular weight excluding hydrogens is 254 g/mol. The Hall–Kier alpha value is -0.540. The van der Waals surface area contributed by atoms with Crippen LogP contribution in [0, 0.1) is 12.8 Å². The molecule has 1 amide bonds. The molecule has 0 radical (unpaired) electrons. The van der Waals surface area contributed by atoms with Gasteiger partial charge in [0.2, 0.25) is 0 Å². The number of nitrogens with one attached hydrogen (secondary N) is 1. The molecule has 1 heterocycles. The zero-order valence-electron chi connectivity index (χ0n) is 10.6. The van der Waals surface area contributed by atoms with Crippen LogP contribution in [0.5, 0.6) is 0 Å². The predicted octanol–water partition coefficient (Wildman–Crippen LogP) is 3.83. The smallest absolute Gasteiger partial charge is 0.261 e. The first-order chi connectivity index (χ1) is 8.10. The maximum Gasteiger partial charge on any atom is 0.261 e. The normalized spacial score (nSPS) is 12.8. The summed E-state index contributed by atoms with van der Waals surface area (Å²) in [7, 11) is 0. The Balaban J connectivity index is 2.46. The molecule has 0 aliphatic heterocycles. The highest BCUT2D eigenvalue weighted by Crippen LogP contribution is 2.19. The SMILES string of the molecule is CCC(CC)C(Cl)CNC(=O)c1sccc1C. The van der Waals surface area contributed by atoms with Crippen molar-refractivity contribution in [2.45, 2.75) is 39.0 Å². The van der Waals surface area contributed by atoms with Crippen molar-refractivity contribution < 1.29 is 4.79 Å². The Labute approximate surface area is 112 Å². The van der Waals surface area contributed by atoms with E-state index in [1.54, 1.807) is 0 Å². The van der Waals surface area contributed by atoms with Crippen LogP contribution in [-0.4, -0.2) is 17.8 Å². The Morgan fingerprint density at radius 3 is 2.59 bits per heavy atom. The monoisotopic (exact) mass is 273 g/mol. The molecule has 17 heavy (non-hydrogen) atoms. The van der Waals surface area contributed by atoms with E-state index in [1.807, 2.05) is 18.4 Å². The molecule has 1 rings (SSSR count). The van der Waals surface area contributed by atoms with Crippen LogP contribution in [-0.2, 0) is 0 Å². The van der Waals surface area contributed by atoms with Crippen molar-refractivity contribution in [2.24, 2.45) is 5.92 Å². The highest BCUT2D eigenvalue weighted by Gasteiger charge is 2.17. The fraction of sp³-hybridized carbons (Fsp3) is 0.615. The number of hydrogen-bond acceptors (Lipinski definition) is 2. The maximum absolute atomic E-state index is 11.9. The predicted molar refractivity (Wildman–Crippen MR) is 75.1 cm³/mol. The summed E-state index contributed by atoms with van der Waals surface area (Å²) in [5, 5.41) is 4.87. The third-order valence-electron chi connectivity index (χ3n) is 3.09. The second kappa shape index (κ2) is 7.02. The molecule has 1 N–H and O–H groups in total. The molecule has 1 aromatic rings. The molecular formula is C13H20ClNOS. The lowest BCUT2D eigenvalue weighted by atomic mass is 9.99. The minimum Gasteiger partial charge on any atom is -0.350 e.